The maximum absolute atomic E-state index is 13.0. The molecule has 6 rings (SSSR count). The zero-order valence-corrected chi connectivity index (χ0v) is 22.3. The highest BCUT2D eigenvalue weighted by Gasteiger charge is 2.33. The molecule has 0 amide bonds. The lowest BCUT2D eigenvalue weighted by atomic mass is 10.0. The summed E-state index contributed by atoms with van der Waals surface area (Å²) in [5.41, 5.74) is 3.54. The van der Waals surface area contributed by atoms with Crippen LogP contribution in [0.1, 0.15) is 23.8 Å². The van der Waals surface area contributed by atoms with Crippen LogP contribution in [-0.4, -0.2) is 56.8 Å². The van der Waals surface area contributed by atoms with Crippen molar-refractivity contribution in [2.24, 2.45) is 5.10 Å². The zero-order valence-electron chi connectivity index (χ0n) is 20.7. The van der Waals surface area contributed by atoms with E-state index < -0.39 is 10.0 Å². The van der Waals surface area contributed by atoms with Gasteiger partial charge in [-0.25, -0.2) is 18.4 Å². The second-order valence-electron chi connectivity index (χ2n) is 8.91. The van der Waals surface area contributed by atoms with Gasteiger partial charge in [-0.05, 0) is 54.1 Å². The molecule has 0 bridgehead atoms. The molecule has 0 radical (unpaired) electrons. The fourth-order valence-corrected chi connectivity index (χ4v) is 6.82. The van der Waals surface area contributed by atoms with Crippen LogP contribution < -0.4 is 9.75 Å². The minimum absolute atomic E-state index is 0.123. The first-order chi connectivity index (χ1) is 18.5. The molecule has 0 unspecified atom stereocenters. The summed E-state index contributed by atoms with van der Waals surface area (Å²) in [6.07, 6.45) is 2.33. The molecule has 1 saturated heterocycles. The number of methoxy groups -OCH3 is 1. The van der Waals surface area contributed by atoms with E-state index in [2.05, 4.69) is 0 Å². The van der Waals surface area contributed by atoms with Crippen LogP contribution in [0.15, 0.2) is 86.7 Å². The summed E-state index contributed by atoms with van der Waals surface area (Å²) in [7, 11) is -1.90. The number of sulfonamides is 1. The molecule has 9 nitrogen and oxygen atoms in total. The Morgan fingerprint density at radius 1 is 1.00 bits per heavy atom. The van der Waals surface area contributed by atoms with Gasteiger partial charge in [0.05, 0.1) is 42.9 Å². The summed E-state index contributed by atoms with van der Waals surface area (Å²) in [6, 6.07) is 18.4. The van der Waals surface area contributed by atoms with Crippen LogP contribution in [0.25, 0.3) is 11.3 Å². The molecule has 1 atom stereocenters. The molecular formula is C27H26N4O5S2. The zero-order chi connectivity index (χ0) is 26.1. The number of aromatic nitrogens is 1. The SMILES string of the molecule is COc1ccc(C2=NN(c3nc(-c4ccc(S(=O)(=O)N5CCOCC5)cc4)cs3)[C@H](c3ccco3)C2)cc1. The van der Waals surface area contributed by atoms with Crippen LogP contribution >= 0.6 is 11.3 Å². The number of hydrogen-bond donors (Lipinski definition) is 0. The van der Waals surface area contributed by atoms with Gasteiger partial charge in [-0.1, -0.05) is 12.1 Å². The topological polar surface area (TPSA) is 97.5 Å². The number of hydrogen-bond acceptors (Lipinski definition) is 9. The number of furan rings is 1. The largest absolute Gasteiger partial charge is 0.497 e. The lowest BCUT2D eigenvalue weighted by Crippen LogP contribution is -2.40. The predicted octanol–water partition coefficient (Wildman–Crippen LogP) is 4.79. The summed E-state index contributed by atoms with van der Waals surface area (Å²) in [4.78, 5) is 5.13. The van der Waals surface area contributed by atoms with Crippen LogP contribution in [0.4, 0.5) is 5.13 Å². The van der Waals surface area contributed by atoms with E-state index in [-0.39, 0.29) is 10.9 Å². The molecule has 0 N–H and O–H groups in total. The van der Waals surface area contributed by atoms with Crippen LogP contribution in [0.5, 0.6) is 5.75 Å². The minimum Gasteiger partial charge on any atom is -0.497 e. The molecule has 2 aromatic heterocycles. The first-order valence-electron chi connectivity index (χ1n) is 12.2. The highest BCUT2D eigenvalue weighted by atomic mass is 32.2. The van der Waals surface area contributed by atoms with Crippen molar-refractivity contribution < 1.29 is 22.3 Å². The van der Waals surface area contributed by atoms with Gasteiger partial charge in [-0.2, -0.15) is 9.41 Å². The van der Waals surface area contributed by atoms with Crippen LogP contribution in [0.3, 0.4) is 0 Å². The van der Waals surface area contributed by atoms with E-state index in [0.29, 0.717) is 32.7 Å². The van der Waals surface area contributed by atoms with Gasteiger partial charge in [0, 0.05) is 30.5 Å². The number of ether oxygens (including phenoxy) is 2. The Morgan fingerprint density at radius 2 is 1.74 bits per heavy atom. The van der Waals surface area contributed by atoms with E-state index in [1.54, 1.807) is 37.6 Å². The van der Waals surface area contributed by atoms with Gasteiger partial charge in [-0.15, -0.1) is 11.3 Å². The van der Waals surface area contributed by atoms with Crippen LogP contribution in [0.2, 0.25) is 0 Å². The Morgan fingerprint density at radius 3 is 2.42 bits per heavy atom. The van der Waals surface area contributed by atoms with Gasteiger partial charge >= 0.3 is 0 Å². The van der Waals surface area contributed by atoms with E-state index in [1.807, 2.05) is 46.8 Å². The molecule has 1 fully saturated rings. The number of rotatable bonds is 7. The van der Waals surface area contributed by atoms with E-state index in [9.17, 15) is 8.42 Å². The molecule has 196 valence electrons. The Bertz CT molecular complexity index is 1530. The Balaban J connectivity index is 1.27. The quantitative estimate of drug-likeness (QED) is 0.326. The molecule has 2 aromatic carbocycles. The number of hydrazone groups is 1. The first kappa shape index (κ1) is 24.8. The summed E-state index contributed by atoms with van der Waals surface area (Å²) in [5, 5.41) is 9.53. The fourth-order valence-electron chi connectivity index (χ4n) is 4.58. The molecular weight excluding hydrogens is 524 g/mol. The number of nitrogens with zero attached hydrogens (tertiary/aromatic N) is 4. The molecule has 0 saturated carbocycles. The van der Waals surface area contributed by atoms with Crippen molar-refractivity contribution in [2.45, 2.75) is 17.4 Å². The summed E-state index contributed by atoms with van der Waals surface area (Å²) in [6.45, 7) is 1.56. The molecule has 0 spiro atoms. The Kier molecular flexibility index (Phi) is 6.75. The molecule has 4 aromatic rings. The van der Waals surface area contributed by atoms with Gasteiger partial charge in [0.1, 0.15) is 17.6 Å². The van der Waals surface area contributed by atoms with Gasteiger partial charge < -0.3 is 13.9 Å². The van der Waals surface area contributed by atoms with Crippen molar-refractivity contribution in [1.29, 1.82) is 0 Å². The smallest absolute Gasteiger partial charge is 0.243 e. The minimum atomic E-state index is -3.55. The van der Waals surface area contributed by atoms with Gasteiger partial charge in [0.15, 0.2) is 0 Å². The average molecular weight is 551 g/mol. The average Bonchev–Trinajstić information content (AvgIpc) is 3.74. The second-order valence-corrected chi connectivity index (χ2v) is 11.7. The predicted molar refractivity (Wildman–Crippen MR) is 145 cm³/mol. The normalized spacial score (nSPS) is 18.5. The summed E-state index contributed by atoms with van der Waals surface area (Å²) in [5.74, 6) is 1.60. The van der Waals surface area contributed by atoms with Crippen molar-refractivity contribution in [3.8, 4) is 17.0 Å². The highest BCUT2D eigenvalue weighted by Crippen LogP contribution is 2.39. The number of benzene rings is 2. The second kappa shape index (κ2) is 10.3. The third-order valence-corrected chi connectivity index (χ3v) is 9.39. The van der Waals surface area contributed by atoms with E-state index in [4.69, 9.17) is 24.0 Å². The number of thiazole rings is 1. The molecule has 4 heterocycles. The fraction of sp³-hybridized carbons (Fsp3) is 0.259. The van der Waals surface area contributed by atoms with Crippen molar-refractivity contribution in [1.82, 2.24) is 9.29 Å². The maximum Gasteiger partial charge on any atom is 0.243 e. The third kappa shape index (κ3) is 4.73. The van der Waals surface area contributed by atoms with Crippen molar-refractivity contribution in [3.63, 3.8) is 0 Å². The molecule has 38 heavy (non-hydrogen) atoms. The maximum atomic E-state index is 13.0. The van der Waals surface area contributed by atoms with E-state index >= 15 is 0 Å². The lowest BCUT2D eigenvalue weighted by Gasteiger charge is -2.26. The molecule has 0 aliphatic carbocycles. The van der Waals surface area contributed by atoms with E-state index in [0.717, 1.165) is 39.2 Å². The summed E-state index contributed by atoms with van der Waals surface area (Å²) < 4.78 is 43.7. The molecule has 2 aliphatic heterocycles. The van der Waals surface area contributed by atoms with Crippen LogP contribution in [-0.2, 0) is 14.8 Å². The first-order valence-corrected chi connectivity index (χ1v) is 14.5. The van der Waals surface area contributed by atoms with Crippen molar-refractivity contribution in [2.75, 3.05) is 38.4 Å². The van der Waals surface area contributed by atoms with Gasteiger partial charge in [-0.3, -0.25) is 0 Å². The van der Waals surface area contributed by atoms with Crippen molar-refractivity contribution >= 4 is 32.2 Å². The van der Waals surface area contributed by atoms with Crippen molar-refractivity contribution in [3.05, 3.63) is 83.6 Å². The van der Waals surface area contributed by atoms with Gasteiger partial charge in [0.2, 0.25) is 15.2 Å². The Hall–Kier alpha value is -3.51. The number of morpholine rings is 1. The lowest BCUT2D eigenvalue weighted by molar-refractivity contribution is 0.0730. The highest BCUT2D eigenvalue weighted by molar-refractivity contribution is 7.89. The molecule has 11 heteroatoms. The standard InChI is InChI=1S/C27H26N4O5S2/c1-34-21-8-4-19(5-9-21)23-17-25(26-3-2-14-36-26)31(29-23)27-28-24(18-37-27)20-6-10-22(11-7-20)38(32,33)30-12-15-35-16-13-30/h2-11,14,18,25H,12-13,15-17H2,1H3/t25-/m0/s1. The van der Waals surface area contributed by atoms with Crippen LogP contribution in [0, 0.1) is 0 Å². The monoisotopic (exact) mass is 550 g/mol. The third-order valence-electron chi connectivity index (χ3n) is 6.65. The summed E-state index contributed by atoms with van der Waals surface area (Å²) >= 11 is 1.48. The Labute approximate surface area is 225 Å². The number of anilines is 1. The van der Waals surface area contributed by atoms with E-state index in [1.165, 1.54) is 15.6 Å². The van der Waals surface area contributed by atoms with Gasteiger partial charge in [0.25, 0.3) is 0 Å². The molecule has 2 aliphatic rings.